The van der Waals surface area contributed by atoms with E-state index in [1.165, 1.54) is 0 Å². The molecule has 0 saturated carbocycles. The predicted molar refractivity (Wildman–Crippen MR) is 109 cm³/mol. The third kappa shape index (κ3) is 4.49. The van der Waals surface area contributed by atoms with Gasteiger partial charge in [0.1, 0.15) is 5.82 Å². The highest BCUT2D eigenvalue weighted by Gasteiger charge is 2.13. The molecule has 3 amide bonds. The summed E-state index contributed by atoms with van der Waals surface area (Å²) >= 11 is 0. The molecule has 0 atom stereocenters. The van der Waals surface area contributed by atoms with Gasteiger partial charge in [-0.05, 0) is 43.7 Å². The number of fused-ring (bicyclic) bond motifs is 1. The number of hydrogen-bond donors (Lipinski definition) is 3. The van der Waals surface area contributed by atoms with Crippen molar-refractivity contribution in [3.63, 3.8) is 0 Å². The monoisotopic (exact) mass is 379 g/mol. The first-order valence-electron chi connectivity index (χ1n) is 9.32. The fourth-order valence-corrected chi connectivity index (χ4v) is 3.20. The van der Waals surface area contributed by atoms with Gasteiger partial charge < -0.3 is 20.9 Å². The van der Waals surface area contributed by atoms with Crippen LogP contribution in [0, 0.1) is 0 Å². The fourth-order valence-electron chi connectivity index (χ4n) is 3.20. The largest absolute Gasteiger partial charge is 0.352 e. The minimum atomic E-state index is -0.575. The summed E-state index contributed by atoms with van der Waals surface area (Å²) in [6.45, 7) is 5.10. The molecule has 3 aromatic rings. The third-order valence-electron chi connectivity index (χ3n) is 4.50. The Balaban J connectivity index is 1.60. The van der Waals surface area contributed by atoms with E-state index in [1.807, 2.05) is 18.2 Å². The molecule has 0 aliphatic rings. The van der Waals surface area contributed by atoms with E-state index in [0.29, 0.717) is 31.1 Å². The summed E-state index contributed by atoms with van der Waals surface area (Å²) in [6, 6.07) is 14.8. The molecule has 2 aromatic carbocycles. The number of nitrogens with one attached hydrogen (secondary N) is 2. The van der Waals surface area contributed by atoms with Crippen molar-refractivity contribution >= 4 is 23.0 Å². The van der Waals surface area contributed by atoms with Crippen molar-refractivity contribution in [2.24, 2.45) is 5.73 Å². The SMILES string of the molecule is CC(C)n1c(CCNC(=O)c2ccc(CNC(N)=O)cc2)nc2ccccc21. The van der Waals surface area contributed by atoms with Crippen LogP contribution in [0.5, 0.6) is 0 Å². The quantitative estimate of drug-likeness (QED) is 0.588. The Labute approximate surface area is 163 Å². The van der Waals surface area contributed by atoms with Crippen LogP contribution in [0.4, 0.5) is 4.79 Å². The maximum absolute atomic E-state index is 12.4. The highest BCUT2D eigenvalue weighted by atomic mass is 16.2. The van der Waals surface area contributed by atoms with Crippen molar-refractivity contribution in [3.8, 4) is 0 Å². The molecule has 0 spiro atoms. The summed E-state index contributed by atoms with van der Waals surface area (Å²) in [5, 5.41) is 5.46. The van der Waals surface area contributed by atoms with Crippen molar-refractivity contribution in [1.29, 1.82) is 0 Å². The summed E-state index contributed by atoms with van der Waals surface area (Å²) in [7, 11) is 0. The van der Waals surface area contributed by atoms with E-state index in [2.05, 4.69) is 35.1 Å². The zero-order valence-corrected chi connectivity index (χ0v) is 16.1. The summed E-state index contributed by atoms with van der Waals surface area (Å²) < 4.78 is 2.21. The van der Waals surface area contributed by atoms with Crippen LogP contribution in [0.1, 0.15) is 41.6 Å². The number of para-hydroxylation sites is 2. The van der Waals surface area contributed by atoms with E-state index >= 15 is 0 Å². The molecule has 1 heterocycles. The average Bonchev–Trinajstić information content (AvgIpc) is 3.05. The first-order valence-corrected chi connectivity index (χ1v) is 9.32. The Morgan fingerprint density at radius 3 is 2.46 bits per heavy atom. The summed E-state index contributed by atoms with van der Waals surface area (Å²) in [5.74, 6) is 0.825. The first-order chi connectivity index (χ1) is 13.5. The van der Waals surface area contributed by atoms with Crippen LogP contribution in [0.3, 0.4) is 0 Å². The maximum Gasteiger partial charge on any atom is 0.312 e. The number of benzene rings is 2. The molecule has 0 unspecified atom stereocenters. The van der Waals surface area contributed by atoms with Crippen LogP contribution in [0.15, 0.2) is 48.5 Å². The second-order valence-electron chi connectivity index (χ2n) is 6.90. The van der Waals surface area contributed by atoms with Gasteiger partial charge in [0, 0.05) is 31.1 Å². The highest BCUT2D eigenvalue weighted by molar-refractivity contribution is 5.94. The molecule has 0 bridgehead atoms. The van der Waals surface area contributed by atoms with E-state index in [9.17, 15) is 9.59 Å². The van der Waals surface area contributed by atoms with Gasteiger partial charge in [-0.3, -0.25) is 4.79 Å². The van der Waals surface area contributed by atoms with Gasteiger partial charge in [-0.15, -0.1) is 0 Å². The van der Waals surface area contributed by atoms with Crippen LogP contribution >= 0.6 is 0 Å². The van der Waals surface area contributed by atoms with E-state index in [-0.39, 0.29) is 5.91 Å². The summed E-state index contributed by atoms with van der Waals surface area (Å²) in [5.41, 5.74) is 8.58. The standard InChI is InChI=1S/C21H25N5O2/c1-14(2)26-18-6-4-3-5-17(18)25-19(26)11-12-23-20(27)16-9-7-15(8-10-16)13-24-21(22)28/h3-10,14H,11-13H2,1-2H3,(H,23,27)(H3,22,24,28). The maximum atomic E-state index is 12.4. The van der Waals surface area contributed by atoms with Crippen molar-refractivity contribution in [1.82, 2.24) is 20.2 Å². The van der Waals surface area contributed by atoms with E-state index < -0.39 is 6.03 Å². The zero-order chi connectivity index (χ0) is 20.1. The van der Waals surface area contributed by atoms with Gasteiger partial charge in [-0.2, -0.15) is 0 Å². The van der Waals surface area contributed by atoms with Gasteiger partial charge in [-0.1, -0.05) is 24.3 Å². The lowest BCUT2D eigenvalue weighted by atomic mass is 10.1. The van der Waals surface area contributed by atoms with Gasteiger partial charge >= 0.3 is 6.03 Å². The molecule has 4 N–H and O–H groups in total. The number of nitrogens with two attached hydrogens (primary N) is 1. The summed E-state index contributed by atoms with van der Waals surface area (Å²) in [6.07, 6.45) is 0.652. The topological polar surface area (TPSA) is 102 Å². The number of primary amides is 1. The minimum absolute atomic E-state index is 0.137. The van der Waals surface area contributed by atoms with Crippen LogP contribution in [0.2, 0.25) is 0 Å². The number of nitrogens with zero attached hydrogens (tertiary/aromatic N) is 2. The average molecular weight is 379 g/mol. The van der Waals surface area contributed by atoms with Crippen LogP contribution in [0.25, 0.3) is 11.0 Å². The number of carbonyl (C=O) groups excluding carboxylic acids is 2. The second-order valence-corrected chi connectivity index (χ2v) is 6.90. The van der Waals surface area contributed by atoms with Crippen molar-refractivity contribution in [2.75, 3.05) is 6.54 Å². The second kappa shape index (κ2) is 8.56. The Hall–Kier alpha value is -3.35. The molecule has 1 aromatic heterocycles. The lowest BCUT2D eigenvalue weighted by molar-refractivity contribution is 0.0954. The van der Waals surface area contributed by atoms with Crippen molar-refractivity contribution < 1.29 is 9.59 Å². The smallest absolute Gasteiger partial charge is 0.312 e. The Morgan fingerprint density at radius 2 is 1.79 bits per heavy atom. The van der Waals surface area contributed by atoms with Crippen LogP contribution in [-0.4, -0.2) is 28.0 Å². The third-order valence-corrected chi connectivity index (χ3v) is 4.50. The molecule has 0 aliphatic carbocycles. The van der Waals surface area contributed by atoms with Gasteiger partial charge in [0.25, 0.3) is 5.91 Å². The zero-order valence-electron chi connectivity index (χ0n) is 16.1. The molecular formula is C21H25N5O2. The number of aromatic nitrogens is 2. The van der Waals surface area contributed by atoms with E-state index in [0.717, 1.165) is 22.4 Å². The number of imidazole rings is 1. The Kier molecular flexibility index (Phi) is 5.93. The number of carbonyl (C=O) groups is 2. The lowest BCUT2D eigenvalue weighted by Crippen LogP contribution is -2.28. The molecule has 146 valence electrons. The number of amides is 3. The molecule has 7 heteroatoms. The minimum Gasteiger partial charge on any atom is -0.352 e. The van der Waals surface area contributed by atoms with Gasteiger partial charge in [0.2, 0.25) is 0 Å². The molecule has 28 heavy (non-hydrogen) atoms. The van der Waals surface area contributed by atoms with Gasteiger partial charge in [-0.25, -0.2) is 9.78 Å². The first kappa shape index (κ1) is 19.4. The molecule has 0 aliphatic heterocycles. The number of hydrogen-bond acceptors (Lipinski definition) is 3. The van der Waals surface area contributed by atoms with E-state index in [4.69, 9.17) is 10.7 Å². The molecule has 3 rings (SSSR count). The van der Waals surface area contributed by atoms with Crippen molar-refractivity contribution in [2.45, 2.75) is 32.9 Å². The highest BCUT2D eigenvalue weighted by Crippen LogP contribution is 2.21. The fraction of sp³-hybridized carbons (Fsp3) is 0.286. The van der Waals surface area contributed by atoms with E-state index in [1.54, 1.807) is 24.3 Å². The van der Waals surface area contributed by atoms with Crippen molar-refractivity contribution in [3.05, 3.63) is 65.5 Å². The molecule has 0 radical (unpaired) electrons. The van der Waals surface area contributed by atoms with Crippen LogP contribution in [-0.2, 0) is 13.0 Å². The predicted octanol–water partition coefficient (Wildman–Crippen LogP) is 2.76. The normalized spacial score (nSPS) is 11.0. The van der Waals surface area contributed by atoms with Gasteiger partial charge in [0.15, 0.2) is 0 Å². The van der Waals surface area contributed by atoms with Crippen LogP contribution < -0.4 is 16.4 Å². The molecular weight excluding hydrogens is 354 g/mol. The summed E-state index contributed by atoms with van der Waals surface area (Å²) in [4.78, 5) is 27.8. The Morgan fingerprint density at radius 1 is 1.07 bits per heavy atom. The van der Waals surface area contributed by atoms with Gasteiger partial charge in [0.05, 0.1) is 11.0 Å². The molecule has 0 fully saturated rings. The lowest BCUT2D eigenvalue weighted by Gasteiger charge is -2.13. The Bertz CT molecular complexity index is 976. The number of urea groups is 1. The molecule has 0 saturated heterocycles. The number of rotatable bonds is 7. The molecule has 7 nitrogen and oxygen atoms in total.